The Kier molecular flexibility index (Phi) is 4.49. The molecular formula is C21H19F3N2O5. The molecule has 1 aromatic rings. The quantitative estimate of drug-likeness (QED) is 0.411. The molecule has 2 amide bonds. The first-order valence-electron chi connectivity index (χ1n) is 9.73. The Hall–Kier alpha value is -2.93. The zero-order valence-electron chi connectivity index (χ0n) is 16.9. The minimum atomic E-state index is -4.82. The molecule has 1 aromatic carbocycles. The van der Waals surface area contributed by atoms with Crippen molar-refractivity contribution >= 4 is 29.2 Å². The largest absolute Gasteiger partial charge is 0.459 e. The van der Waals surface area contributed by atoms with Gasteiger partial charge < -0.3 is 9.47 Å². The normalized spacial score (nSPS) is 34.1. The maximum Gasteiger partial charge on any atom is 0.407 e. The highest BCUT2D eigenvalue weighted by atomic mass is 19.4. The van der Waals surface area contributed by atoms with Crippen LogP contribution >= 0.6 is 0 Å². The first-order chi connectivity index (χ1) is 14.4. The van der Waals surface area contributed by atoms with Crippen LogP contribution in [0.3, 0.4) is 0 Å². The summed E-state index contributed by atoms with van der Waals surface area (Å²) >= 11 is 0. The summed E-state index contributed by atoms with van der Waals surface area (Å²) in [4.78, 5) is 41.9. The topological polar surface area (TPSA) is 77.3 Å². The first kappa shape index (κ1) is 21.3. The number of hydrogen-bond acceptors (Lipinski definition) is 5. The number of carbonyl (C=O) groups is 3. The molecule has 5 atom stereocenters. The van der Waals surface area contributed by atoms with E-state index >= 15 is 0 Å². The van der Waals surface area contributed by atoms with Crippen molar-refractivity contribution in [1.82, 2.24) is 0 Å². The van der Waals surface area contributed by atoms with Crippen LogP contribution in [0.4, 0.5) is 24.5 Å². The van der Waals surface area contributed by atoms with Crippen molar-refractivity contribution in [3.05, 3.63) is 35.2 Å². The summed E-state index contributed by atoms with van der Waals surface area (Å²) in [6.07, 6.45) is -5.08. The highest BCUT2D eigenvalue weighted by Crippen LogP contribution is 2.63. The molecular weight excluding hydrogens is 417 g/mol. The van der Waals surface area contributed by atoms with E-state index in [0.29, 0.717) is 6.07 Å². The molecule has 3 heterocycles. The molecule has 4 rings (SSSR count). The number of carbonyl (C=O) groups excluding carboxylic acids is 3. The monoisotopic (exact) mass is 436 g/mol. The maximum absolute atomic E-state index is 13.4. The molecule has 0 aliphatic carbocycles. The molecule has 31 heavy (non-hydrogen) atoms. The third kappa shape index (κ3) is 2.79. The molecule has 3 fully saturated rings. The molecule has 0 N–H and O–H groups in total. The molecule has 0 spiro atoms. The molecule has 0 saturated carbocycles. The van der Waals surface area contributed by atoms with E-state index in [1.807, 2.05) is 0 Å². The lowest BCUT2D eigenvalue weighted by molar-refractivity contribution is -0.162. The van der Waals surface area contributed by atoms with Crippen LogP contribution < -0.4 is 4.90 Å². The van der Waals surface area contributed by atoms with Crippen LogP contribution in [0.15, 0.2) is 18.2 Å². The van der Waals surface area contributed by atoms with Gasteiger partial charge in [-0.05, 0) is 25.5 Å². The number of benzene rings is 1. The molecule has 164 valence electrons. The van der Waals surface area contributed by atoms with Gasteiger partial charge in [-0.3, -0.25) is 14.4 Å². The van der Waals surface area contributed by atoms with Crippen molar-refractivity contribution in [2.24, 2.45) is 11.8 Å². The van der Waals surface area contributed by atoms with E-state index in [1.165, 1.54) is 6.92 Å². The number of alkyl halides is 3. The van der Waals surface area contributed by atoms with Crippen LogP contribution in [0.25, 0.3) is 4.85 Å². The predicted molar refractivity (Wildman–Crippen MR) is 99.9 cm³/mol. The van der Waals surface area contributed by atoms with Gasteiger partial charge in [-0.15, -0.1) is 0 Å². The Bertz CT molecular complexity index is 1050. The van der Waals surface area contributed by atoms with Crippen LogP contribution in [0.1, 0.15) is 39.2 Å². The van der Waals surface area contributed by atoms with Gasteiger partial charge in [0.05, 0.1) is 29.6 Å². The first-order valence-corrected chi connectivity index (χ1v) is 9.73. The van der Waals surface area contributed by atoms with Gasteiger partial charge in [0.2, 0.25) is 11.8 Å². The van der Waals surface area contributed by atoms with Gasteiger partial charge in [0, 0.05) is 19.0 Å². The summed E-state index contributed by atoms with van der Waals surface area (Å²) in [5.74, 6) is -3.78. The second kappa shape index (κ2) is 6.53. The SMILES string of the molecule is [C-]#[N+]c1ccc(N2C(=O)[C@@H]3[C@H](C2=O)C2(C)C[C@H](OC(C)=O)C3(CC)O2)cc1C(F)(F)F. The highest BCUT2D eigenvalue weighted by molar-refractivity contribution is 6.23. The standard InChI is InChI=1S/C21H19F3N2O5/c1-5-20-14(30-10(2)27)9-19(3,31-20)15-16(20)18(29)26(17(15)28)11-6-7-13(25-4)12(8-11)21(22,23)24/h6-8,14-16H,5,9H2,1-3H3/t14-,15+,16-,19?,20?/m0/s1. The van der Waals surface area contributed by atoms with Gasteiger partial charge in [-0.1, -0.05) is 13.0 Å². The van der Waals surface area contributed by atoms with Gasteiger partial charge in [0.1, 0.15) is 11.7 Å². The van der Waals surface area contributed by atoms with E-state index in [-0.39, 0.29) is 18.5 Å². The highest BCUT2D eigenvalue weighted by Gasteiger charge is 2.77. The summed E-state index contributed by atoms with van der Waals surface area (Å²) in [6.45, 7) is 11.6. The van der Waals surface area contributed by atoms with Crippen molar-refractivity contribution in [1.29, 1.82) is 0 Å². The molecule has 7 nitrogen and oxygen atoms in total. The molecule has 3 aliphatic rings. The van der Waals surface area contributed by atoms with E-state index < -0.39 is 64.4 Å². The second-order valence-electron chi connectivity index (χ2n) is 8.30. The smallest absolute Gasteiger partial charge is 0.407 e. The van der Waals surface area contributed by atoms with E-state index in [2.05, 4.69) is 4.85 Å². The number of esters is 1. The predicted octanol–water partition coefficient (Wildman–Crippen LogP) is 3.63. The number of amides is 2. The molecule has 10 heteroatoms. The fourth-order valence-electron chi connectivity index (χ4n) is 5.42. The van der Waals surface area contributed by atoms with E-state index in [4.69, 9.17) is 16.0 Å². The number of rotatable bonds is 3. The number of fused-ring (bicyclic) bond motifs is 5. The van der Waals surface area contributed by atoms with E-state index in [0.717, 1.165) is 17.0 Å². The van der Waals surface area contributed by atoms with Crippen molar-refractivity contribution in [3.8, 4) is 0 Å². The Balaban J connectivity index is 1.79. The molecule has 0 radical (unpaired) electrons. The lowest BCUT2D eigenvalue weighted by Crippen LogP contribution is -2.52. The summed E-state index contributed by atoms with van der Waals surface area (Å²) in [5, 5.41) is 0. The summed E-state index contributed by atoms with van der Waals surface area (Å²) in [6, 6.07) is 2.76. The maximum atomic E-state index is 13.4. The molecule has 0 aromatic heterocycles. The lowest BCUT2D eigenvalue weighted by Gasteiger charge is -2.36. The van der Waals surface area contributed by atoms with Crippen molar-refractivity contribution in [3.63, 3.8) is 0 Å². The van der Waals surface area contributed by atoms with Gasteiger partial charge in [-0.25, -0.2) is 9.74 Å². The van der Waals surface area contributed by atoms with Crippen LogP contribution in [0, 0.1) is 18.4 Å². The average Bonchev–Trinajstić information content (AvgIpc) is 3.23. The zero-order valence-corrected chi connectivity index (χ0v) is 16.9. The van der Waals surface area contributed by atoms with Crippen LogP contribution in [-0.2, 0) is 30.0 Å². The zero-order chi connectivity index (χ0) is 22.9. The number of imide groups is 1. The second-order valence-corrected chi connectivity index (χ2v) is 8.30. The fourth-order valence-corrected chi connectivity index (χ4v) is 5.42. The molecule has 2 bridgehead atoms. The number of hydrogen-bond donors (Lipinski definition) is 0. The van der Waals surface area contributed by atoms with Crippen molar-refractivity contribution < 1.29 is 37.0 Å². The van der Waals surface area contributed by atoms with Crippen molar-refractivity contribution in [2.45, 2.75) is 57.1 Å². The number of halogens is 3. The molecule has 3 aliphatic heterocycles. The number of nitrogens with zero attached hydrogens (tertiary/aromatic N) is 2. The minimum Gasteiger partial charge on any atom is -0.459 e. The Labute approximate surface area is 175 Å². The Morgan fingerprint density at radius 2 is 1.97 bits per heavy atom. The van der Waals surface area contributed by atoms with Crippen LogP contribution in [0.5, 0.6) is 0 Å². The fraction of sp³-hybridized carbons (Fsp3) is 0.524. The van der Waals surface area contributed by atoms with Crippen molar-refractivity contribution in [2.75, 3.05) is 4.90 Å². The van der Waals surface area contributed by atoms with E-state index in [9.17, 15) is 27.6 Å². The Morgan fingerprint density at radius 3 is 2.52 bits per heavy atom. The summed E-state index contributed by atoms with van der Waals surface area (Å²) in [7, 11) is 0. The average molecular weight is 436 g/mol. The van der Waals surface area contributed by atoms with E-state index in [1.54, 1.807) is 13.8 Å². The Morgan fingerprint density at radius 1 is 1.32 bits per heavy atom. The van der Waals surface area contributed by atoms with Gasteiger partial charge in [0.15, 0.2) is 5.69 Å². The number of anilines is 1. The summed E-state index contributed by atoms with van der Waals surface area (Å²) < 4.78 is 51.8. The molecule has 3 saturated heterocycles. The van der Waals surface area contributed by atoms with Gasteiger partial charge >= 0.3 is 12.1 Å². The van der Waals surface area contributed by atoms with Crippen LogP contribution in [0.2, 0.25) is 0 Å². The number of ether oxygens (including phenoxy) is 2. The third-order valence-corrected chi connectivity index (χ3v) is 6.57. The lowest BCUT2D eigenvalue weighted by atomic mass is 9.66. The van der Waals surface area contributed by atoms with Gasteiger partial charge in [-0.2, -0.15) is 13.2 Å². The molecule has 2 unspecified atom stereocenters. The van der Waals surface area contributed by atoms with Crippen LogP contribution in [-0.4, -0.2) is 35.1 Å². The third-order valence-electron chi connectivity index (χ3n) is 6.57. The summed E-state index contributed by atoms with van der Waals surface area (Å²) in [5.41, 5.74) is -4.40. The minimum absolute atomic E-state index is 0.207. The van der Waals surface area contributed by atoms with Gasteiger partial charge in [0.25, 0.3) is 0 Å².